The van der Waals surface area contributed by atoms with Crippen LogP contribution in [0.2, 0.25) is 0 Å². The number of pyridine rings is 1. The number of nitrogens with one attached hydrogen (secondary N) is 1. The van der Waals surface area contributed by atoms with Gasteiger partial charge in [-0.3, -0.25) is 4.98 Å². The highest BCUT2D eigenvalue weighted by Crippen LogP contribution is 2.17. The number of imidazole rings is 1. The summed E-state index contributed by atoms with van der Waals surface area (Å²) < 4.78 is 0. The number of aromatic amines is 1. The molecule has 0 radical (unpaired) electrons. The largest absolute Gasteiger partial charge is 0.345 e. The maximum Gasteiger partial charge on any atom is 0.129 e. The molecule has 0 aliphatic carbocycles. The highest BCUT2D eigenvalue weighted by molar-refractivity contribution is 5.69. The van der Waals surface area contributed by atoms with Crippen LogP contribution in [0.5, 0.6) is 0 Å². The number of aromatic nitrogens is 3. The maximum absolute atomic E-state index is 4.33. The average molecular weight is 247 g/mol. The van der Waals surface area contributed by atoms with Crippen LogP contribution in [0.4, 0.5) is 0 Å². The number of rotatable bonds is 3. The lowest BCUT2D eigenvalue weighted by Crippen LogP contribution is -1.82. The van der Waals surface area contributed by atoms with Gasteiger partial charge >= 0.3 is 0 Å². The van der Waals surface area contributed by atoms with E-state index in [2.05, 4.69) is 39.2 Å². The van der Waals surface area contributed by atoms with Crippen LogP contribution in [0.3, 0.4) is 0 Å². The predicted octanol–water partition coefficient (Wildman–Crippen LogP) is 3.64. The number of hydrogen-bond donors (Lipinski definition) is 1. The first-order chi connectivity index (χ1) is 9.42. The molecule has 3 aromatic rings. The van der Waals surface area contributed by atoms with Gasteiger partial charge in [0.25, 0.3) is 0 Å². The molecule has 3 heteroatoms. The standard InChI is InChI=1S/C16H13N3/c1-2-10-17-15(3-1)14-7-4-13(5-8-14)6-9-16-18-11-12-19-16/h1-12H,(H,18,19). The lowest BCUT2D eigenvalue weighted by molar-refractivity contribution is 1.27. The molecule has 2 heterocycles. The Hall–Kier alpha value is -2.68. The molecule has 0 atom stereocenters. The van der Waals surface area contributed by atoms with Gasteiger partial charge in [0, 0.05) is 24.2 Å². The molecule has 0 bridgehead atoms. The summed E-state index contributed by atoms with van der Waals surface area (Å²) in [6.07, 6.45) is 9.34. The van der Waals surface area contributed by atoms with E-state index in [1.54, 1.807) is 12.4 Å². The molecule has 0 amide bonds. The fourth-order valence-electron chi connectivity index (χ4n) is 1.84. The molecule has 1 aromatic carbocycles. The molecule has 3 rings (SSSR count). The monoisotopic (exact) mass is 247 g/mol. The number of H-pyrrole nitrogens is 1. The van der Waals surface area contributed by atoms with Gasteiger partial charge in [0.1, 0.15) is 5.82 Å². The van der Waals surface area contributed by atoms with Crippen LogP contribution in [0.25, 0.3) is 23.4 Å². The van der Waals surface area contributed by atoms with Gasteiger partial charge in [-0.05, 0) is 23.8 Å². The van der Waals surface area contributed by atoms with E-state index in [-0.39, 0.29) is 0 Å². The molecule has 0 saturated heterocycles. The van der Waals surface area contributed by atoms with E-state index in [1.165, 1.54) is 0 Å². The maximum atomic E-state index is 4.33. The van der Waals surface area contributed by atoms with Crippen LogP contribution in [0, 0.1) is 0 Å². The summed E-state index contributed by atoms with van der Waals surface area (Å²) in [6, 6.07) is 14.2. The summed E-state index contributed by atoms with van der Waals surface area (Å²) in [4.78, 5) is 11.5. The van der Waals surface area contributed by atoms with E-state index >= 15 is 0 Å². The third-order valence-electron chi connectivity index (χ3n) is 2.82. The fourth-order valence-corrected chi connectivity index (χ4v) is 1.84. The van der Waals surface area contributed by atoms with Crippen LogP contribution in [0.15, 0.2) is 61.1 Å². The second-order valence-electron chi connectivity index (χ2n) is 4.14. The Morgan fingerprint density at radius 1 is 0.842 bits per heavy atom. The second kappa shape index (κ2) is 5.31. The Morgan fingerprint density at radius 2 is 1.74 bits per heavy atom. The summed E-state index contributed by atoms with van der Waals surface area (Å²) in [5.41, 5.74) is 3.25. The molecular formula is C16H13N3. The van der Waals surface area contributed by atoms with Crippen molar-refractivity contribution in [1.82, 2.24) is 15.0 Å². The number of benzene rings is 1. The molecule has 19 heavy (non-hydrogen) atoms. The Kier molecular flexibility index (Phi) is 3.19. The van der Waals surface area contributed by atoms with Crippen molar-refractivity contribution in [1.29, 1.82) is 0 Å². The van der Waals surface area contributed by atoms with Gasteiger partial charge in [-0.2, -0.15) is 0 Å². The summed E-state index contributed by atoms with van der Waals surface area (Å²) in [5.74, 6) is 0.855. The van der Waals surface area contributed by atoms with Crippen molar-refractivity contribution in [2.24, 2.45) is 0 Å². The third kappa shape index (κ3) is 2.77. The normalized spacial score (nSPS) is 10.9. The van der Waals surface area contributed by atoms with E-state index in [4.69, 9.17) is 0 Å². The van der Waals surface area contributed by atoms with Gasteiger partial charge in [0.05, 0.1) is 5.69 Å². The highest BCUT2D eigenvalue weighted by atomic mass is 14.9. The molecule has 0 saturated carbocycles. The van der Waals surface area contributed by atoms with E-state index in [1.807, 2.05) is 36.5 Å². The van der Waals surface area contributed by atoms with Crippen LogP contribution < -0.4 is 0 Å². The van der Waals surface area contributed by atoms with Crippen molar-refractivity contribution in [3.63, 3.8) is 0 Å². The quantitative estimate of drug-likeness (QED) is 0.767. The molecule has 0 aliphatic heterocycles. The first-order valence-electron chi connectivity index (χ1n) is 6.11. The molecule has 0 unspecified atom stereocenters. The summed E-state index contributed by atoms with van der Waals surface area (Å²) in [5, 5.41) is 0. The Balaban J connectivity index is 1.80. The van der Waals surface area contributed by atoms with Gasteiger partial charge in [-0.15, -0.1) is 0 Å². The Bertz CT molecular complexity index is 653. The van der Waals surface area contributed by atoms with Crippen molar-refractivity contribution in [3.8, 4) is 11.3 Å². The molecule has 3 nitrogen and oxygen atoms in total. The minimum Gasteiger partial charge on any atom is -0.345 e. The fraction of sp³-hybridized carbons (Fsp3) is 0. The van der Waals surface area contributed by atoms with Crippen molar-refractivity contribution in [3.05, 3.63) is 72.4 Å². The van der Waals surface area contributed by atoms with E-state index < -0.39 is 0 Å². The second-order valence-corrected chi connectivity index (χ2v) is 4.14. The van der Waals surface area contributed by atoms with Crippen LogP contribution in [0.1, 0.15) is 11.4 Å². The Labute approximate surface area is 111 Å². The molecule has 2 aromatic heterocycles. The molecular weight excluding hydrogens is 234 g/mol. The summed E-state index contributed by atoms with van der Waals surface area (Å²) >= 11 is 0. The van der Waals surface area contributed by atoms with Crippen molar-refractivity contribution in [2.75, 3.05) is 0 Å². The van der Waals surface area contributed by atoms with Gasteiger partial charge in [-0.1, -0.05) is 36.4 Å². The molecule has 0 spiro atoms. The number of hydrogen-bond acceptors (Lipinski definition) is 2. The van der Waals surface area contributed by atoms with Crippen molar-refractivity contribution >= 4 is 12.2 Å². The first kappa shape index (κ1) is 11.4. The Morgan fingerprint density at radius 3 is 2.42 bits per heavy atom. The van der Waals surface area contributed by atoms with Crippen LogP contribution >= 0.6 is 0 Å². The van der Waals surface area contributed by atoms with Gasteiger partial charge in [0.15, 0.2) is 0 Å². The molecule has 92 valence electrons. The zero-order valence-corrected chi connectivity index (χ0v) is 10.3. The molecule has 1 N–H and O–H groups in total. The summed E-state index contributed by atoms with van der Waals surface area (Å²) in [6.45, 7) is 0. The van der Waals surface area contributed by atoms with Gasteiger partial charge in [-0.25, -0.2) is 4.98 Å². The highest BCUT2D eigenvalue weighted by Gasteiger charge is 1.97. The van der Waals surface area contributed by atoms with Crippen LogP contribution in [-0.4, -0.2) is 15.0 Å². The minimum atomic E-state index is 0.855. The smallest absolute Gasteiger partial charge is 0.129 e. The molecule has 0 fully saturated rings. The number of nitrogens with zero attached hydrogens (tertiary/aromatic N) is 2. The van der Waals surface area contributed by atoms with Crippen molar-refractivity contribution in [2.45, 2.75) is 0 Å². The third-order valence-corrected chi connectivity index (χ3v) is 2.82. The first-order valence-corrected chi connectivity index (χ1v) is 6.11. The van der Waals surface area contributed by atoms with E-state index in [9.17, 15) is 0 Å². The van der Waals surface area contributed by atoms with Crippen LogP contribution in [-0.2, 0) is 0 Å². The average Bonchev–Trinajstić information content (AvgIpc) is 3.00. The lowest BCUT2D eigenvalue weighted by Gasteiger charge is -2.00. The lowest BCUT2D eigenvalue weighted by atomic mass is 10.1. The zero-order valence-electron chi connectivity index (χ0n) is 10.3. The zero-order chi connectivity index (χ0) is 12.9. The molecule has 0 aliphatic rings. The topological polar surface area (TPSA) is 41.6 Å². The van der Waals surface area contributed by atoms with E-state index in [0.717, 1.165) is 22.6 Å². The van der Waals surface area contributed by atoms with Gasteiger partial charge < -0.3 is 4.98 Å². The summed E-state index contributed by atoms with van der Waals surface area (Å²) in [7, 11) is 0. The van der Waals surface area contributed by atoms with E-state index in [0.29, 0.717) is 0 Å². The predicted molar refractivity (Wildman–Crippen MR) is 77.2 cm³/mol. The van der Waals surface area contributed by atoms with Gasteiger partial charge in [0.2, 0.25) is 0 Å². The SMILES string of the molecule is C(=Cc1ncc[nH]1)c1ccc(-c2ccccn2)cc1. The van der Waals surface area contributed by atoms with Crippen molar-refractivity contribution < 1.29 is 0 Å². The minimum absolute atomic E-state index is 0.855.